The molecule has 0 saturated heterocycles. The fraction of sp³-hybridized carbons (Fsp3) is 0. The van der Waals surface area contributed by atoms with Gasteiger partial charge >= 0.3 is 0 Å². The van der Waals surface area contributed by atoms with Crippen LogP contribution in [0.2, 0.25) is 0 Å². The first-order valence-corrected chi connectivity index (χ1v) is 14.8. The van der Waals surface area contributed by atoms with Crippen molar-refractivity contribution in [3.8, 4) is 34.0 Å². The average molecular weight is 563 g/mol. The van der Waals surface area contributed by atoms with E-state index in [9.17, 15) is 0 Å². The van der Waals surface area contributed by atoms with E-state index < -0.39 is 0 Å². The maximum absolute atomic E-state index is 5.33. The number of benzene rings is 6. The molecule has 0 aliphatic rings. The quantitative estimate of drug-likeness (QED) is 0.214. The van der Waals surface area contributed by atoms with Crippen molar-refractivity contribution in [2.24, 2.45) is 0 Å². The lowest BCUT2D eigenvalue weighted by Gasteiger charge is -2.13. The van der Waals surface area contributed by atoms with Crippen LogP contribution in [0.3, 0.4) is 0 Å². The lowest BCUT2D eigenvalue weighted by molar-refractivity contribution is 1.01. The Morgan fingerprint density at radius 2 is 1.14 bits per heavy atom. The Hall–Kier alpha value is -6.00. The standard InChI is InChI=1S/C40H26N4/c1-3-12-27(13-4-1)28-14-11-15-30(24-28)39-33-19-7-9-20-35(33)41-40(42-39)44-36-21-10-8-18-32(36)34-26-37-29(25-38(34)44)22-23-43(37)31-16-5-2-6-17-31/h1-26H. The number of nitrogens with zero attached hydrogens (tertiary/aromatic N) is 4. The Labute approximate surface area is 254 Å². The summed E-state index contributed by atoms with van der Waals surface area (Å²) in [6, 6.07) is 53.3. The van der Waals surface area contributed by atoms with Gasteiger partial charge < -0.3 is 4.57 Å². The third-order valence-electron chi connectivity index (χ3n) is 8.55. The number of rotatable bonds is 4. The molecule has 0 radical (unpaired) electrons. The Bertz CT molecular complexity index is 2490. The summed E-state index contributed by atoms with van der Waals surface area (Å²) < 4.78 is 4.48. The van der Waals surface area contributed by atoms with Crippen molar-refractivity contribution >= 4 is 43.6 Å². The van der Waals surface area contributed by atoms with Gasteiger partial charge in [0.1, 0.15) is 0 Å². The molecule has 0 aliphatic heterocycles. The fourth-order valence-electron chi connectivity index (χ4n) is 6.49. The highest BCUT2D eigenvalue weighted by Crippen LogP contribution is 2.37. The third kappa shape index (κ3) is 3.85. The lowest BCUT2D eigenvalue weighted by Crippen LogP contribution is -2.03. The highest BCUT2D eigenvalue weighted by Gasteiger charge is 2.19. The molecular formula is C40H26N4. The van der Waals surface area contributed by atoms with Crippen molar-refractivity contribution in [1.82, 2.24) is 19.1 Å². The molecule has 9 aromatic rings. The summed E-state index contributed by atoms with van der Waals surface area (Å²) in [5.74, 6) is 0.664. The van der Waals surface area contributed by atoms with Crippen LogP contribution in [0.1, 0.15) is 0 Å². The van der Waals surface area contributed by atoms with Crippen molar-refractivity contribution in [3.63, 3.8) is 0 Å². The third-order valence-corrected chi connectivity index (χ3v) is 8.55. The van der Waals surface area contributed by atoms with Crippen molar-refractivity contribution in [2.75, 3.05) is 0 Å². The molecule has 3 aromatic heterocycles. The minimum Gasteiger partial charge on any atom is -0.317 e. The first-order chi connectivity index (χ1) is 21.8. The van der Waals surface area contributed by atoms with Crippen LogP contribution in [0, 0.1) is 0 Å². The van der Waals surface area contributed by atoms with Crippen LogP contribution in [0.25, 0.3) is 77.6 Å². The molecule has 0 amide bonds. The van der Waals surface area contributed by atoms with E-state index in [4.69, 9.17) is 9.97 Å². The summed E-state index contributed by atoms with van der Waals surface area (Å²) in [6.07, 6.45) is 2.15. The van der Waals surface area contributed by atoms with Gasteiger partial charge in [-0.15, -0.1) is 0 Å². The monoisotopic (exact) mass is 562 g/mol. The molecule has 0 bridgehead atoms. The summed E-state index contributed by atoms with van der Waals surface area (Å²) >= 11 is 0. The first kappa shape index (κ1) is 24.6. The van der Waals surface area contributed by atoms with Crippen molar-refractivity contribution < 1.29 is 0 Å². The van der Waals surface area contributed by atoms with Gasteiger partial charge in [-0.1, -0.05) is 103 Å². The molecular weight excluding hydrogens is 536 g/mol. The highest BCUT2D eigenvalue weighted by atomic mass is 15.2. The van der Waals surface area contributed by atoms with Crippen molar-refractivity contribution in [3.05, 3.63) is 158 Å². The zero-order chi connectivity index (χ0) is 29.0. The number of hydrogen-bond donors (Lipinski definition) is 0. The van der Waals surface area contributed by atoms with E-state index in [0.29, 0.717) is 5.95 Å². The molecule has 206 valence electrons. The molecule has 4 nitrogen and oxygen atoms in total. The smallest absolute Gasteiger partial charge is 0.235 e. The SMILES string of the molecule is c1ccc(-c2cccc(-c3nc(-n4c5ccccc5c5cc6c(ccn6-c6ccccc6)cc54)nc4ccccc34)c2)cc1. The molecule has 9 rings (SSSR count). The zero-order valence-corrected chi connectivity index (χ0v) is 23.8. The molecule has 4 heteroatoms. The van der Waals surface area contributed by atoms with Crippen LogP contribution in [0.15, 0.2) is 158 Å². The predicted octanol–water partition coefficient (Wildman–Crippen LogP) is 10.0. The summed E-state index contributed by atoms with van der Waals surface area (Å²) in [6.45, 7) is 0. The molecule has 3 heterocycles. The molecule has 0 fully saturated rings. The Balaban J connectivity index is 1.31. The Morgan fingerprint density at radius 1 is 0.432 bits per heavy atom. The van der Waals surface area contributed by atoms with Gasteiger partial charge in [-0.05, 0) is 59.7 Å². The number of fused-ring (bicyclic) bond motifs is 5. The van der Waals surface area contributed by atoms with Gasteiger partial charge in [0.25, 0.3) is 0 Å². The largest absolute Gasteiger partial charge is 0.317 e. The summed E-state index contributed by atoms with van der Waals surface area (Å²) in [5.41, 5.74) is 9.73. The van der Waals surface area contributed by atoms with E-state index in [-0.39, 0.29) is 0 Å². The Morgan fingerprint density at radius 3 is 2.00 bits per heavy atom. The maximum Gasteiger partial charge on any atom is 0.235 e. The lowest BCUT2D eigenvalue weighted by atomic mass is 10.00. The second-order valence-electron chi connectivity index (χ2n) is 11.1. The van der Waals surface area contributed by atoms with Gasteiger partial charge in [-0.3, -0.25) is 4.57 Å². The van der Waals surface area contributed by atoms with Crippen molar-refractivity contribution in [1.29, 1.82) is 0 Å². The van der Waals surface area contributed by atoms with E-state index >= 15 is 0 Å². The fourth-order valence-corrected chi connectivity index (χ4v) is 6.49. The minimum absolute atomic E-state index is 0.664. The van der Waals surface area contributed by atoms with Crippen LogP contribution >= 0.6 is 0 Å². The summed E-state index contributed by atoms with van der Waals surface area (Å²) in [7, 11) is 0. The molecule has 0 saturated carbocycles. The molecule has 0 atom stereocenters. The van der Waals surface area contributed by atoms with E-state index in [1.807, 2.05) is 12.1 Å². The van der Waals surface area contributed by atoms with E-state index in [1.165, 1.54) is 27.2 Å². The average Bonchev–Trinajstić information content (AvgIpc) is 3.66. The second kappa shape index (κ2) is 9.79. The number of para-hydroxylation sites is 3. The Kier molecular flexibility index (Phi) is 5.47. The highest BCUT2D eigenvalue weighted by molar-refractivity contribution is 6.13. The summed E-state index contributed by atoms with van der Waals surface area (Å²) in [4.78, 5) is 10.5. The number of aromatic nitrogens is 4. The van der Waals surface area contributed by atoms with E-state index in [2.05, 4.69) is 155 Å². The van der Waals surface area contributed by atoms with Gasteiger partial charge in [0.05, 0.1) is 27.8 Å². The van der Waals surface area contributed by atoms with Gasteiger partial charge in [0.2, 0.25) is 5.95 Å². The second-order valence-corrected chi connectivity index (χ2v) is 11.1. The minimum atomic E-state index is 0.664. The van der Waals surface area contributed by atoms with E-state index in [1.54, 1.807) is 0 Å². The van der Waals surface area contributed by atoms with Gasteiger partial charge in [-0.2, -0.15) is 0 Å². The number of hydrogen-bond acceptors (Lipinski definition) is 2. The molecule has 0 aliphatic carbocycles. The predicted molar refractivity (Wildman–Crippen MR) is 182 cm³/mol. The van der Waals surface area contributed by atoms with Gasteiger partial charge in [0.15, 0.2) is 0 Å². The first-order valence-electron chi connectivity index (χ1n) is 14.8. The van der Waals surface area contributed by atoms with Gasteiger partial charge in [0, 0.05) is 39.0 Å². The topological polar surface area (TPSA) is 35.6 Å². The van der Waals surface area contributed by atoms with Crippen LogP contribution in [0.4, 0.5) is 0 Å². The van der Waals surface area contributed by atoms with E-state index in [0.717, 1.165) is 44.4 Å². The molecule has 6 aromatic carbocycles. The van der Waals surface area contributed by atoms with Crippen LogP contribution in [-0.2, 0) is 0 Å². The van der Waals surface area contributed by atoms with Gasteiger partial charge in [-0.25, -0.2) is 9.97 Å². The molecule has 0 spiro atoms. The zero-order valence-electron chi connectivity index (χ0n) is 23.8. The van der Waals surface area contributed by atoms with Crippen LogP contribution < -0.4 is 0 Å². The van der Waals surface area contributed by atoms with Crippen LogP contribution in [-0.4, -0.2) is 19.1 Å². The van der Waals surface area contributed by atoms with Crippen LogP contribution in [0.5, 0.6) is 0 Å². The maximum atomic E-state index is 5.33. The van der Waals surface area contributed by atoms with Crippen molar-refractivity contribution in [2.45, 2.75) is 0 Å². The summed E-state index contributed by atoms with van der Waals surface area (Å²) in [5, 5.41) is 4.55. The molecule has 44 heavy (non-hydrogen) atoms. The molecule has 0 unspecified atom stereocenters. The molecule has 0 N–H and O–H groups in total. The normalized spacial score (nSPS) is 11.6.